The van der Waals surface area contributed by atoms with Gasteiger partial charge in [0.05, 0.1) is 6.20 Å². The van der Waals surface area contributed by atoms with Crippen LogP contribution < -0.4 is 16.3 Å². The molecule has 7 nitrogen and oxygen atoms in total. The molecule has 2 heterocycles. The molecule has 0 radical (unpaired) electrons. The number of hydrogen-bond donors (Lipinski definition) is 2. The minimum absolute atomic E-state index is 0.252. The lowest BCUT2D eigenvalue weighted by atomic mass is 10.6. The van der Waals surface area contributed by atoms with Gasteiger partial charge in [-0.2, -0.15) is 9.50 Å². The number of anilines is 2. The molecule has 2 aromatic rings. The molecule has 0 atom stereocenters. The topological polar surface area (TPSA) is 96.4 Å². The first-order valence-corrected chi connectivity index (χ1v) is 3.26. The van der Waals surface area contributed by atoms with Crippen LogP contribution in [0.25, 0.3) is 5.52 Å². The summed E-state index contributed by atoms with van der Waals surface area (Å²) in [5.74, 6) is 0.595. The third-order valence-corrected chi connectivity index (χ3v) is 1.56. The van der Waals surface area contributed by atoms with Crippen LogP contribution in [-0.2, 0) is 0 Å². The van der Waals surface area contributed by atoms with E-state index in [2.05, 4.69) is 10.1 Å². The average Bonchev–Trinajstić information content (AvgIpc) is 2.55. The Kier molecular flexibility index (Phi) is 1.15. The summed E-state index contributed by atoms with van der Waals surface area (Å²) >= 11 is 0. The highest BCUT2D eigenvalue weighted by Gasteiger charge is 2.10. The molecule has 0 saturated carbocycles. The molecular weight excluding hydrogens is 160 g/mol. The average molecular weight is 168 g/mol. The molecule has 2 rings (SSSR count). The Labute approximate surface area is 67.5 Å². The van der Waals surface area contributed by atoms with Crippen LogP contribution in [0.2, 0.25) is 0 Å². The van der Waals surface area contributed by atoms with Crippen molar-refractivity contribution in [3.63, 3.8) is 0 Å². The molecule has 0 aromatic carbocycles. The molecule has 0 spiro atoms. The van der Waals surface area contributed by atoms with Crippen LogP contribution in [0.4, 0.5) is 11.8 Å². The van der Waals surface area contributed by atoms with Crippen molar-refractivity contribution in [2.45, 2.75) is 0 Å². The van der Waals surface area contributed by atoms with Gasteiger partial charge in [-0.3, -0.25) is 0 Å². The van der Waals surface area contributed by atoms with E-state index in [0.717, 1.165) is 0 Å². The second kappa shape index (κ2) is 2.03. The minimum atomic E-state index is 0.252. The van der Waals surface area contributed by atoms with Crippen LogP contribution >= 0.6 is 0 Å². The number of aromatic nitrogens is 4. The number of nitrogens with zero attached hydrogens (tertiary/aromatic N) is 4. The Morgan fingerprint density at radius 1 is 1.50 bits per heavy atom. The highest BCUT2D eigenvalue weighted by molar-refractivity contribution is 5.67. The summed E-state index contributed by atoms with van der Waals surface area (Å²) in [6.07, 6.45) is 1.53. The number of imidazole rings is 1. The molecule has 12 heavy (non-hydrogen) atoms. The van der Waals surface area contributed by atoms with Crippen LogP contribution in [-0.4, -0.2) is 26.7 Å². The highest BCUT2D eigenvalue weighted by Crippen LogP contribution is 2.14. The van der Waals surface area contributed by atoms with Crippen molar-refractivity contribution in [3.05, 3.63) is 6.20 Å². The molecule has 0 fully saturated rings. The van der Waals surface area contributed by atoms with Gasteiger partial charge in [-0.05, 0) is 4.96 Å². The predicted octanol–water partition coefficient (Wildman–Crippen LogP) is -1.25. The van der Waals surface area contributed by atoms with Crippen LogP contribution in [0, 0.1) is 0 Å². The van der Waals surface area contributed by atoms with Crippen LogP contribution in [0.3, 0.4) is 0 Å². The molecule has 7 heteroatoms. The maximum atomic E-state index is 5.53. The zero-order valence-corrected chi connectivity index (χ0v) is 6.43. The van der Waals surface area contributed by atoms with E-state index in [-0.39, 0.29) is 5.95 Å². The standard InChI is InChI=1S/C5H8N6O/c1-12-11-8-2-3-4(6)9-5(7)10(3)11/h2H,6H2,1H3,(H2,7,9). The zero-order valence-electron chi connectivity index (χ0n) is 6.43. The van der Waals surface area contributed by atoms with Crippen molar-refractivity contribution in [1.29, 1.82) is 0 Å². The van der Waals surface area contributed by atoms with Gasteiger partial charge in [0.15, 0.2) is 5.82 Å². The van der Waals surface area contributed by atoms with Gasteiger partial charge in [0, 0.05) is 0 Å². The summed E-state index contributed by atoms with van der Waals surface area (Å²) in [4.78, 5) is 9.89. The fourth-order valence-electron chi connectivity index (χ4n) is 1.05. The van der Waals surface area contributed by atoms with E-state index in [9.17, 15) is 0 Å². The highest BCUT2D eigenvalue weighted by atomic mass is 16.7. The lowest BCUT2D eigenvalue weighted by Gasteiger charge is -1.98. The Hall–Kier alpha value is -1.92. The summed E-state index contributed by atoms with van der Waals surface area (Å²) in [5, 5.41) is 3.85. The second-order valence-electron chi connectivity index (χ2n) is 2.23. The van der Waals surface area contributed by atoms with Gasteiger partial charge in [0.25, 0.3) is 0 Å². The predicted molar refractivity (Wildman–Crippen MR) is 42.3 cm³/mol. The van der Waals surface area contributed by atoms with E-state index < -0.39 is 0 Å². The third kappa shape index (κ3) is 0.644. The van der Waals surface area contributed by atoms with Gasteiger partial charge < -0.3 is 16.3 Å². The fourth-order valence-corrected chi connectivity index (χ4v) is 1.05. The molecule has 4 N–H and O–H groups in total. The number of nitrogen functional groups attached to an aromatic ring is 2. The first-order chi connectivity index (χ1) is 5.74. The molecule has 0 saturated heterocycles. The van der Waals surface area contributed by atoms with E-state index in [0.29, 0.717) is 11.3 Å². The molecule has 0 aliphatic heterocycles. The summed E-state index contributed by atoms with van der Waals surface area (Å²) in [7, 11) is 1.47. The van der Waals surface area contributed by atoms with Crippen molar-refractivity contribution >= 4 is 17.3 Å². The second-order valence-corrected chi connectivity index (χ2v) is 2.23. The fraction of sp³-hybridized carbons (Fsp3) is 0.200. The monoisotopic (exact) mass is 168 g/mol. The third-order valence-electron chi connectivity index (χ3n) is 1.56. The molecule has 0 aliphatic carbocycles. The summed E-state index contributed by atoms with van der Waals surface area (Å²) in [6.45, 7) is 0. The van der Waals surface area contributed by atoms with Crippen molar-refractivity contribution < 1.29 is 4.84 Å². The van der Waals surface area contributed by atoms with E-state index in [1.165, 1.54) is 22.8 Å². The summed E-state index contributed by atoms with van der Waals surface area (Å²) in [5.41, 5.74) is 11.7. The quantitative estimate of drug-likeness (QED) is 0.554. The Bertz CT molecular complexity index is 415. The maximum absolute atomic E-state index is 5.53. The molecular formula is C5H8N6O. The van der Waals surface area contributed by atoms with E-state index >= 15 is 0 Å². The molecule has 0 amide bonds. The van der Waals surface area contributed by atoms with Gasteiger partial charge in [-0.15, -0.1) is 5.10 Å². The van der Waals surface area contributed by atoms with Crippen LogP contribution in [0.15, 0.2) is 6.20 Å². The van der Waals surface area contributed by atoms with Crippen LogP contribution in [0.5, 0.6) is 0 Å². The lowest BCUT2D eigenvalue weighted by Crippen LogP contribution is -2.15. The summed E-state index contributed by atoms with van der Waals surface area (Å²) in [6, 6.07) is 0. The zero-order chi connectivity index (χ0) is 8.72. The summed E-state index contributed by atoms with van der Waals surface area (Å²) < 4.78 is 1.47. The normalized spacial score (nSPS) is 10.8. The van der Waals surface area contributed by atoms with Gasteiger partial charge in [0.2, 0.25) is 5.95 Å². The number of fused-ring (bicyclic) bond motifs is 1. The Morgan fingerprint density at radius 3 is 2.92 bits per heavy atom. The van der Waals surface area contributed by atoms with Gasteiger partial charge in [-0.1, -0.05) is 0 Å². The molecule has 2 aromatic heterocycles. The number of nitrogens with two attached hydrogens (primary N) is 2. The van der Waals surface area contributed by atoms with E-state index in [1.54, 1.807) is 0 Å². The molecule has 0 bridgehead atoms. The SMILES string of the molecule is COn1ncc2c(N)nc(N)n21. The first kappa shape index (κ1) is 6.77. The van der Waals surface area contributed by atoms with Gasteiger partial charge in [-0.25, -0.2) is 0 Å². The van der Waals surface area contributed by atoms with Gasteiger partial charge in [0.1, 0.15) is 12.6 Å². The number of hydrogen-bond acceptors (Lipinski definition) is 5. The van der Waals surface area contributed by atoms with Crippen molar-refractivity contribution in [2.24, 2.45) is 0 Å². The first-order valence-electron chi connectivity index (χ1n) is 3.26. The van der Waals surface area contributed by atoms with Crippen LogP contribution in [0.1, 0.15) is 0 Å². The minimum Gasteiger partial charge on any atom is -0.386 e. The Morgan fingerprint density at radius 2 is 2.25 bits per heavy atom. The largest absolute Gasteiger partial charge is 0.386 e. The smallest absolute Gasteiger partial charge is 0.226 e. The van der Waals surface area contributed by atoms with Crippen molar-refractivity contribution in [1.82, 2.24) is 19.6 Å². The van der Waals surface area contributed by atoms with Crippen molar-refractivity contribution in [2.75, 3.05) is 18.6 Å². The van der Waals surface area contributed by atoms with Gasteiger partial charge >= 0.3 is 0 Å². The maximum Gasteiger partial charge on any atom is 0.226 e. The van der Waals surface area contributed by atoms with E-state index in [4.69, 9.17) is 16.3 Å². The molecule has 0 aliphatic rings. The lowest BCUT2D eigenvalue weighted by molar-refractivity contribution is 0.0905. The molecule has 64 valence electrons. The van der Waals surface area contributed by atoms with Crippen molar-refractivity contribution in [3.8, 4) is 0 Å². The van der Waals surface area contributed by atoms with E-state index in [1.807, 2.05) is 0 Å². The molecule has 0 unspecified atom stereocenters. The Balaban J connectivity index is 2.84. The number of rotatable bonds is 1.